The summed E-state index contributed by atoms with van der Waals surface area (Å²) in [6, 6.07) is 3.11. The summed E-state index contributed by atoms with van der Waals surface area (Å²) >= 11 is 3.27. The zero-order chi connectivity index (χ0) is 14.6. The molecule has 0 saturated heterocycles. The molecule has 2 N–H and O–H groups in total. The first kappa shape index (κ1) is 15.6. The van der Waals surface area contributed by atoms with Crippen LogP contribution in [0.1, 0.15) is 6.42 Å². The zero-order valence-corrected chi connectivity index (χ0v) is 13.5. The van der Waals surface area contributed by atoms with E-state index in [0.717, 1.165) is 13.0 Å². The van der Waals surface area contributed by atoms with Crippen LogP contribution in [0.25, 0.3) is 0 Å². The Hall–Kier alpha value is -0.830. The van der Waals surface area contributed by atoms with Crippen molar-refractivity contribution in [3.05, 3.63) is 16.6 Å². The highest BCUT2D eigenvalue weighted by Gasteiger charge is 2.22. The molecule has 112 valence electrons. The first-order valence-electron chi connectivity index (χ1n) is 6.28. The number of benzene rings is 1. The molecule has 1 aliphatic heterocycles. The van der Waals surface area contributed by atoms with Crippen molar-refractivity contribution >= 4 is 26.0 Å². The predicted octanol–water partition coefficient (Wildman–Crippen LogP) is 1.11. The van der Waals surface area contributed by atoms with Gasteiger partial charge in [0, 0.05) is 17.1 Å². The summed E-state index contributed by atoms with van der Waals surface area (Å²) < 4.78 is 38.3. The summed E-state index contributed by atoms with van der Waals surface area (Å²) in [5, 5.41) is 2.97. The first-order chi connectivity index (χ1) is 9.54. The predicted molar refractivity (Wildman–Crippen MR) is 78.9 cm³/mol. The Morgan fingerprint density at radius 3 is 2.50 bits per heavy atom. The largest absolute Gasteiger partial charge is 0.486 e. The molecular weight excluding hydrogens is 348 g/mol. The van der Waals surface area contributed by atoms with Crippen molar-refractivity contribution in [2.75, 3.05) is 33.4 Å². The molecule has 0 bridgehead atoms. The molecule has 0 spiro atoms. The van der Waals surface area contributed by atoms with Crippen LogP contribution in [-0.2, 0) is 10.0 Å². The minimum atomic E-state index is -3.57. The molecule has 1 aliphatic rings. The molecular formula is C12H17BrN2O4S. The molecule has 0 atom stereocenters. The van der Waals surface area contributed by atoms with E-state index in [1.54, 1.807) is 6.07 Å². The van der Waals surface area contributed by atoms with E-state index >= 15 is 0 Å². The third-order valence-electron chi connectivity index (χ3n) is 2.78. The van der Waals surface area contributed by atoms with Gasteiger partial charge in [0.05, 0.1) is 0 Å². The van der Waals surface area contributed by atoms with Crippen LogP contribution >= 0.6 is 15.9 Å². The van der Waals surface area contributed by atoms with Gasteiger partial charge in [0.2, 0.25) is 10.0 Å². The molecule has 20 heavy (non-hydrogen) atoms. The SMILES string of the molecule is CNCCCNS(=O)(=O)c1cc2c(cc1Br)OCCO2. The lowest BCUT2D eigenvalue weighted by molar-refractivity contribution is 0.171. The monoisotopic (exact) mass is 364 g/mol. The van der Waals surface area contributed by atoms with Crippen LogP contribution in [0.5, 0.6) is 11.5 Å². The van der Waals surface area contributed by atoms with Crippen molar-refractivity contribution in [3.8, 4) is 11.5 Å². The second-order valence-electron chi connectivity index (χ2n) is 4.28. The molecule has 0 unspecified atom stereocenters. The second kappa shape index (κ2) is 6.75. The van der Waals surface area contributed by atoms with E-state index in [1.807, 2.05) is 7.05 Å². The molecule has 8 heteroatoms. The van der Waals surface area contributed by atoms with Gasteiger partial charge in [0.1, 0.15) is 18.1 Å². The van der Waals surface area contributed by atoms with Crippen molar-refractivity contribution in [3.63, 3.8) is 0 Å². The van der Waals surface area contributed by atoms with E-state index in [2.05, 4.69) is 26.0 Å². The van der Waals surface area contributed by atoms with Gasteiger partial charge in [-0.05, 0) is 42.0 Å². The van der Waals surface area contributed by atoms with Gasteiger partial charge in [-0.25, -0.2) is 13.1 Å². The Bertz CT molecular complexity index is 577. The molecule has 0 saturated carbocycles. The number of hydrogen-bond acceptors (Lipinski definition) is 5. The maximum absolute atomic E-state index is 12.2. The first-order valence-corrected chi connectivity index (χ1v) is 8.55. The van der Waals surface area contributed by atoms with Gasteiger partial charge in [-0.1, -0.05) is 0 Å². The number of rotatable bonds is 6. The van der Waals surface area contributed by atoms with Crippen molar-refractivity contribution in [2.24, 2.45) is 0 Å². The lowest BCUT2D eigenvalue weighted by Gasteiger charge is -2.20. The third-order valence-corrected chi connectivity index (χ3v) is 5.20. The van der Waals surface area contributed by atoms with Crippen LogP contribution in [0.2, 0.25) is 0 Å². The topological polar surface area (TPSA) is 76.7 Å². The summed E-state index contributed by atoms with van der Waals surface area (Å²) in [5.41, 5.74) is 0. The lowest BCUT2D eigenvalue weighted by Crippen LogP contribution is -2.27. The summed E-state index contributed by atoms with van der Waals surface area (Å²) in [7, 11) is -1.74. The number of fused-ring (bicyclic) bond motifs is 1. The molecule has 0 amide bonds. The van der Waals surface area contributed by atoms with Crippen molar-refractivity contribution < 1.29 is 17.9 Å². The van der Waals surface area contributed by atoms with Gasteiger partial charge in [-0.2, -0.15) is 0 Å². The summed E-state index contributed by atoms with van der Waals surface area (Å²) in [4.78, 5) is 0.159. The molecule has 1 aromatic carbocycles. The fraction of sp³-hybridized carbons (Fsp3) is 0.500. The lowest BCUT2D eigenvalue weighted by atomic mass is 10.3. The maximum Gasteiger partial charge on any atom is 0.241 e. The van der Waals surface area contributed by atoms with Gasteiger partial charge in [0.15, 0.2) is 11.5 Å². The van der Waals surface area contributed by atoms with Gasteiger partial charge < -0.3 is 14.8 Å². The number of hydrogen-bond donors (Lipinski definition) is 2. The van der Waals surface area contributed by atoms with E-state index in [0.29, 0.717) is 35.7 Å². The Balaban J connectivity index is 2.18. The van der Waals surface area contributed by atoms with Crippen LogP contribution in [0.4, 0.5) is 0 Å². The third kappa shape index (κ3) is 3.63. The van der Waals surface area contributed by atoms with Gasteiger partial charge >= 0.3 is 0 Å². The van der Waals surface area contributed by atoms with Gasteiger partial charge in [0.25, 0.3) is 0 Å². The maximum atomic E-state index is 12.2. The summed E-state index contributed by atoms with van der Waals surface area (Å²) in [5.74, 6) is 1.01. The minimum absolute atomic E-state index is 0.159. The Morgan fingerprint density at radius 2 is 1.85 bits per heavy atom. The van der Waals surface area contributed by atoms with E-state index in [9.17, 15) is 8.42 Å². The normalized spacial score (nSPS) is 14.3. The number of nitrogens with one attached hydrogen (secondary N) is 2. The fourth-order valence-electron chi connectivity index (χ4n) is 1.80. The number of halogens is 1. The van der Waals surface area contributed by atoms with Crippen LogP contribution in [0.3, 0.4) is 0 Å². The molecule has 0 radical (unpaired) electrons. The molecule has 0 aromatic heterocycles. The standard InChI is InChI=1S/C12H17BrN2O4S/c1-14-3-2-4-15-20(16,17)12-8-11-10(7-9(12)13)18-5-6-19-11/h7-8,14-15H,2-6H2,1H3. The Labute approximate surface area is 127 Å². The summed E-state index contributed by atoms with van der Waals surface area (Å²) in [6.07, 6.45) is 0.720. The van der Waals surface area contributed by atoms with Crippen LogP contribution in [0, 0.1) is 0 Å². The van der Waals surface area contributed by atoms with Crippen LogP contribution < -0.4 is 19.5 Å². The quantitative estimate of drug-likeness (QED) is 0.739. The zero-order valence-electron chi connectivity index (χ0n) is 11.1. The van der Waals surface area contributed by atoms with E-state index < -0.39 is 10.0 Å². The van der Waals surface area contributed by atoms with E-state index in [1.165, 1.54) is 6.07 Å². The average molecular weight is 365 g/mol. The molecule has 0 fully saturated rings. The smallest absolute Gasteiger partial charge is 0.241 e. The fourth-order valence-corrected chi connectivity index (χ4v) is 3.91. The highest BCUT2D eigenvalue weighted by atomic mass is 79.9. The van der Waals surface area contributed by atoms with Gasteiger partial charge in [-0.3, -0.25) is 0 Å². The highest BCUT2D eigenvalue weighted by Crippen LogP contribution is 2.37. The summed E-state index contributed by atoms with van der Waals surface area (Å²) in [6.45, 7) is 2.02. The van der Waals surface area contributed by atoms with Crippen molar-refractivity contribution in [2.45, 2.75) is 11.3 Å². The van der Waals surface area contributed by atoms with E-state index in [-0.39, 0.29) is 4.90 Å². The van der Waals surface area contributed by atoms with Crippen molar-refractivity contribution in [1.29, 1.82) is 0 Å². The number of sulfonamides is 1. The second-order valence-corrected chi connectivity index (χ2v) is 6.87. The molecule has 6 nitrogen and oxygen atoms in total. The van der Waals surface area contributed by atoms with E-state index in [4.69, 9.17) is 9.47 Å². The highest BCUT2D eigenvalue weighted by molar-refractivity contribution is 9.10. The van der Waals surface area contributed by atoms with Crippen LogP contribution in [0.15, 0.2) is 21.5 Å². The van der Waals surface area contributed by atoms with Crippen LogP contribution in [-0.4, -0.2) is 41.8 Å². The Morgan fingerprint density at radius 1 is 1.20 bits per heavy atom. The van der Waals surface area contributed by atoms with Crippen molar-refractivity contribution in [1.82, 2.24) is 10.0 Å². The number of ether oxygens (including phenoxy) is 2. The molecule has 1 heterocycles. The Kier molecular flexibility index (Phi) is 5.25. The molecule has 2 rings (SSSR count). The minimum Gasteiger partial charge on any atom is -0.486 e. The molecule has 1 aromatic rings. The van der Waals surface area contributed by atoms with Gasteiger partial charge in [-0.15, -0.1) is 0 Å². The average Bonchev–Trinajstić information content (AvgIpc) is 2.43. The molecule has 0 aliphatic carbocycles.